The second-order valence-corrected chi connectivity index (χ2v) is 6.15. The van der Waals surface area contributed by atoms with E-state index in [9.17, 15) is 8.42 Å². The summed E-state index contributed by atoms with van der Waals surface area (Å²) in [6.45, 7) is 3.91. The lowest BCUT2D eigenvalue weighted by Gasteiger charge is -2.28. The van der Waals surface area contributed by atoms with Gasteiger partial charge in [0.15, 0.2) is 0 Å². The molecule has 1 fully saturated rings. The largest absolute Gasteiger partial charge is 0.381 e. The van der Waals surface area contributed by atoms with Gasteiger partial charge in [-0.1, -0.05) is 0 Å². The summed E-state index contributed by atoms with van der Waals surface area (Å²) in [4.78, 5) is 0. The van der Waals surface area contributed by atoms with E-state index in [4.69, 9.17) is 4.74 Å². The first kappa shape index (κ1) is 13.9. The van der Waals surface area contributed by atoms with Crippen LogP contribution in [0.3, 0.4) is 0 Å². The van der Waals surface area contributed by atoms with Crippen molar-refractivity contribution in [1.29, 1.82) is 0 Å². The third kappa shape index (κ3) is 4.78. The molecule has 1 aliphatic heterocycles. The van der Waals surface area contributed by atoms with Crippen LogP contribution < -0.4 is 10.0 Å². The molecule has 0 aromatic carbocycles. The molecule has 1 atom stereocenters. The molecule has 96 valence electrons. The highest BCUT2D eigenvalue weighted by atomic mass is 32.2. The minimum atomic E-state index is -3.15. The number of hydrogen-bond donors (Lipinski definition) is 2. The molecule has 6 heteroatoms. The molecule has 1 saturated heterocycles. The third-order valence-corrected chi connectivity index (χ3v) is 4.43. The van der Waals surface area contributed by atoms with E-state index in [1.54, 1.807) is 7.05 Å². The van der Waals surface area contributed by atoms with Gasteiger partial charge in [0.2, 0.25) is 10.0 Å². The molecule has 1 aliphatic rings. The fourth-order valence-electron chi connectivity index (χ4n) is 1.89. The maximum atomic E-state index is 11.7. The molecule has 0 radical (unpaired) electrons. The summed E-state index contributed by atoms with van der Waals surface area (Å²) < 4.78 is 31.3. The summed E-state index contributed by atoms with van der Waals surface area (Å²) in [7, 11) is -1.40. The number of sulfonamides is 1. The highest BCUT2D eigenvalue weighted by Gasteiger charge is 2.23. The lowest BCUT2D eigenvalue weighted by molar-refractivity contribution is 0.0586. The van der Waals surface area contributed by atoms with Gasteiger partial charge in [0, 0.05) is 25.8 Å². The zero-order valence-corrected chi connectivity index (χ0v) is 10.8. The Bertz CT molecular complexity index is 286. The standard InChI is InChI=1S/C10H22N2O3S/c1-9(10-3-6-15-7-4-10)12-16(13,14)8-5-11-2/h9-12H,3-8H2,1-2H3. The number of ether oxygens (including phenoxy) is 1. The van der Waals surface area contributed by atoms with Gasteiger partial charge in [-0.15, -0.1) is 0 Å². The quantitative estimate of drug-likeness (QED) is 0.693. The Labute approximate surface area is 98.0 Å². The van der Waals surface area contributed by atoms with E-state index in [0.717, 1.165) is 26.1 Å². The lowest BCUT2D eigenvalue weighted by Crippen LogP contribution is -2.42. The predicted molar refractivity (Wildman–Crippen MR) is 63.9 cm³/mol. The van der Waals surface area contributed by atoms with Gasteiger partial charge in [0.1, 0.15) is 0 Å². The SMILES string of the molecule is CNCCS(=O)(=O)NC(C)C1CCOCC1. The summed E-state index contributed by atoms with van der Waals surface area (Å²) in [6, 6.07) is 0.00533. The second kappa shape index (κ2) is 6.54. The molecule has 0 bridgehead atoms. The van der Waals surface area contributed by atoms with Gasteiger partial charge in [-0.25, -0.2) is 13.1 Å². The summed E-state index contributed by atoms with van der Waals surface area (Å²) in [6.07, 6.45) is 1.88. The molecular weight excluding hydrogens is 228 g/mol. The van der Waals surface area contributed by atoms with Crippen LogP contribution in [0.25, 0.3) is 0 Å². The minimum Gasteiger partial charge on any atom is -0.381 e. The first-order chi connectivity index (χ1) is 7.55. The lowest BCUT2D eigenvalue weighted by atomic mass is 9.94. The number of hydrogen-bond acceptors (Lipinski definition) is 4. The van der Waals surface area contributed by atoms with Gasteiger partial charge in [0.05, 0.1) is 5.75 Å². The van der Waals surface area contributed by atoms with E-state index in [1.807, 2.05) is 6.92 Å². The normalized spacial score (nSPS) is 20.9. The summed E-state index contributed by atoms with van der Waals surface area (Å²) >= 11 is 0. The van der Waals surface area contributed by atoms with Crippen LogP contribution in [-0.4, -0.2) is 47.0 Å². The van der Waals surface area contributed by atoms with E-state index in [1.165, 1.54) is 0 Å². The van der Waals surface area contributed by atoms with E-state index in [0.29, 0.717) is 12.5 Å². The maximum Gasteiger partial charge on any atom is 0.213 e. The van der Waals surface area contributed by atoms with Crippen LogP contribution in [0.2, 0.25) is 0 Å². The van der Waals surface area contributed by atoms with Crippen LogP contribution in [-0.2, 0) is 14.8 Å². The first-order valence-corrected chi connectivity index (χ1v) is 7.43. The monoisotopic (exact) mass is 250 g/mol. The number of rotatable bonds is 6. The van der Waals surface area contributed by atoms with Crippen molar-refractivity contribution in [3.63, 3.8) is 0 Å². The minimum absolute atomic E-state index is 0.00533. The Morgan fingerprint density at radius 1 is 1.38 bits per heavy atom. The summed E-state index contributed by atoms with van der Waals surface area (Å²) in [5.41, 5.74) is 0. The predicted octanol–water partition coefficient (Wildman–Crippen LogP) is -0.0597. The molecule has 0 aromatic rings. The molecule has 2 N–H and O–H groups in total. The van der Waals surface area contributed by atoms with Crippen molar-refractivity contribution in [3.05, 3.63) is 0 Å². The van der Waals surface area contributed by atoms with Crippen molar-refractivity contribution in [2.24, 2.45) is 5.92 Å². The molecule has 0 aliphatic carbocycles. The van der Waals surface area contributed by atoms with Crippen molar-refractivity contribution in [3.8, 4) is 0 Å². The Hall–Kier alpha value is -0.170. The van der Waals surface area contributed by atoms with Gasteiger partial charge in [-0.3, -0.25) is 0 Å². The van der Waals surface area contributed by atoms with Crippen molar-refractivity contribution in [2.45, 2.75) is 25.8 Å². The smallest absolute Gasteiger partial charge is 0.213 e. The van der Waals surface area contributed by atoms with Crippen molar-refractivity contribution < 1.29 is 13.2 Å². The molecule has 0 aromatic heterocycles. The van der Waals surface area contributed by atoms with Gasteiger partial charge in [-0.05, 0) is 32.7 Å². The van der Waals surface area contributed by atoms with E-state index in [-0.39, 0.29) is 11.8 Å². The Kier molecular flexibility index (Phi) is 5.68. The third-order valence-electron chi connectivity index (χ3n) is 2.96. The molecule has 1 rings (SSSR count). The number of nitrogens with one attached hydrogen (secondary N) is 2. The molecule has 0 saturated carbocycles. The van der Waals surface area contributed by atoms with Gasteiger partial charge < -0.3 is 10.1 Å². The van der Waals surface area contributed by atoms with Crippen LogP contribution in [0.5, 0.6) is 0 Å². The van der Waals surface area contributed by atoms with Crippen LogP contribution in [0.4, 0.5) is 0 Å². The molecule has 0 amide bonds. The fraction of sp³-hybridized carbons (Fsp3) is 1.00. The van der Waals surface area contributed by atoms with Crippen molar-refractivity contribution in [1.82, 2.24) is 10.0 Å². The van der Waals surface area contributed by atoms with Crippen molar-refractivity contribution >= 4 is 10.0 Å². The molecule has 5 nitrogen and oxygen atoms in total. The molecule has 1 unspecified atom stereocenters. The fourth-order valence-corrected chi connectivity index (χ4v) is 3.24. The average Bonchev–Trinajstić information content (AvgIpc) is 2.27. The van der Waals surface area contributed by atoms with Crippen LogP contribution in [0.15, 0.2) is 0 Å². The maximum absolute atomic E-state index is 11.7. The van der Waals surface area contributed by atoms with E-state index < -0.39 is 10.0 Å². The zero-order chi connectivity index (χ0) is 12.0. The Morgan fingerprint density at radius 3 is 2.56 bits per heavy atom. The Balaban J connectivity index is 2.39. The average molecular weight is 250 g/mol. The van der Waals surface area contributed by atoms with Crippen LogP contribution in [0.1, 0.15) is 19.8 Å². The molecule has 0 spiro atoms. The topological polar surface area (TPSA) is 67.4 Å². The zero-order valence-electron chi connectivity index (χ0n) is 10.0. The highest BCUT2D eigenvalue weighted by molar-refractivity contribution is 7.89. The van der Waals surface area contributed by atoms with Gasteiger partial charge >= 0.3 is 0 Å². The molecular formula is C10H22N2O3S. The van der Waals surface area contributed by atoms with E-state index in [2.05, 4.69) is 10.0 Å². The van der Waals surface area contributed by atoms with Gasteiger partial charge in [0.25, 0.3) is 0 Å². The van der Waals surface area contributed by atoms with Crippen molar-refractivity contribution in [2.75, 3.05) is 32.6 Å². The summed E-state index contributed by atoms with van der Waals surface area (Å²) in [5.74, 6) is 0.537. The Morgan fingerprint density at radius 2 is 2.00 bits per heavy atom. The van der Waals surface area contributed by atoms with E-state index >= 15 is 0 Å². The summed E-state index contributed by atoms with van der Waals surface area (Å²) in [5, 5.41) is 2.84. The van der Waals surface area contributed by atoms with Crippen LogP contribution in [0, 0.1) is 5.92 Å². The molecule has 1 heterocycles. The van der Waals surface area contributed by atoms with Gasteiger partial charge in [-0.2, -0.15) is 0 Å². The highest BCUT2D eigenvalue weighted by Crippen LogP contribution is 2.18. The van der Waals surface area contributed by atoms with Crippen LogP contribution >= 0.6 is 0 Å². The second-order valence-electron chi connectivity index (χ2n) is 4.28. The first-order valence-electron chi connectivity index (χ1n) is 5.77. The molecule has 16 heavy (non-hydrogen) atoms.